The summed E-state index contributed by atoms with van der Waals surface area (Å²) in [4.78, 5) is 13.8. The summed E-state index contributed by atoms with van der Waals surface area (Å²) in [5, 5.41) is 27.1. The summed E-state index contributed by atoms with van der Waals surface area (Å²) in [6, 6.07) is 0. The van der Waals surface area contributed by atoms with E-state index in [-0.39, 0.29) is 16.8 Å². The molecule has 2 atom stereocenters. The number of rotatable bonds is 2. The topological polar surface area (TPSA) is 108 Å². The highest BCUT2D eigenvalue weighted by atomic mass is 32.1. The van der Waals surface area contributed by atoms with Crippen LogP contribution in [0.1, 0.15) is 24.6 Å². The Morgan fingerprint density at radius 3 is 2.72 bits per heavy atom. The van der Waals surface area contributed by atoms with Crippen molar-refractivity contribution in [3.8, 4) is 0 Å². The number of nitrogens with zero attached hydrogens (tertiary/aromatic N) is 1. The molecule has 1 saturated heterocycles. The fourth-order valence-electron chi connectivity index (χ4n) is 1.91. The molecule has 7 nitrogen and oxygen atoms in total. The van der Waals surface area contributed by atoms with E-state index >= 15 is 0 Å². The van der Waals surface area contributed by atoms with Gasteiger partial charge in [0.15, 0.2) is 4.77 Å². The molecule has 2 heterocycles. The molecule has 1 aliphatic heterocycles. The number of hydrogen-bond donors (Lipinski definition) is 4. The molecule has 100 valence electrons. The van der Waals surface area contributed by atoms with Gasteiger partial charge in [-0.1, -0.05) is 0 Å². The Bertz CT molecular complexity index is 559. The van der Waals surface area contributed by atoms with E-state index in [4.69, 9.17) is 32.3 Å². The van der Waals surface area contributed by atoms with Crippen molar-refractivity contribution in [3.05, 3.63) is 26.9 Å². The van der Waals surface area contributed by atoms with Gasteiger partial charge in [0.05, 0.1) is 0 Å². The van der Waals surface area contributed by atoms with E-state index in [0.29, 0.717) is 12.0 Å². The molecule has 8 heteroatoms. The lowest BCUT2D eigenvalue weighted by Crippen LogP contribution is -2.41. The summed E-state index contributed by atoms with van der Waals surface area (Å²) in [5.41, 5.74) is 0.200. The van der Waals surface area contributed by atoms with Crippen molar-refractivity contribution in [1.82, 2.24) is 9.55 Å². The van der Waals surface area contributed by atoms with Crippen LogP contribution in [-0.4, -0.2) is 36.9 Å². The van der Waals surface area contributed by atoms with Crippen LogP contribution in [0.15, 0.2) is 11.0 Å². The Labute approximate surface area is 107 Å². The largest absolute Gasteiger partial charge is 0.346 e. The van der Waals surface area contributed by atoms with Crippen molar-refractivity contribution >= 4 is 12.2 Å². The van der Waals surface area contributed by atoms with Gasteiger partial charge in [0.25, 0.3) is 5.56 Å². The number of H-pyrrole nitrogens is 1. The number of aromatic amines is 1. The zero-order chi connectivity index (χ0) is 13.5. The highest BCUT2D eigenvalue weighted by molar-refractivity contribution is 7.71. The normalized spacial score (nSPS) is 24.4. The molecular formula is C10H14N2O5S. The Morgan fingerprint density at radius 1 is 1.50 bits per heavy atom. The summed E-state index contributed by atoms with van der Waals surface area (Å²) in [6.45, 7) is 1.63. The first-order chi connectivity index (χ1) is 8.29. The van der Waals surface area contributed by atoms with Crippen molar-refractivity contribution in [1.29, 1.82) is 0 Å². The van der Waals surface area contributed by atoms with Crippen LogP contribution in [-0.2, 0) is 4.74 Å². The molecule has 0 saturated carbocycles. The third-order valence-corrected chi connectivity index (χ3v) is 3.20. The molecule has 0 radical (unpaired) electrons. The average molecular weight is 274 g/mol. The molecule has 0 aromatic carbocycles. The molecule has 0 spiro atoms. The second kappa shape index (κ2) is 4.56. The fourth-order valence-corrected chi connectivity index (χ4v) is 2.17. The van der Waals surface area contributed by atoms with Gasteiger partial charge in [-0.05, 0) is 32.0 Å². The third-order valence-electron chi connectivity index (χ3n) is 2.89. The van der Waals surface area contributed by atoms with E-state index < -0.39 is 18.3 Å². The lowest BCUT2D eigenvalue weighted by molar-refractivity contribution is -0.360. The third kappa shape index (κ3) is 2.52. The molecule has 0 bridgehead atoms. The van der Waals surface area contributed by atoms with Crippen molar-refractivity contribution in [3.63, 3.8) is 0 Å². The summed E-state index contributed by atoms with van der Waals surface area (Å²) >= 11 is 5.01. The number of ether oxygens (including phenoxy) is 1. The molecule has 0 aliphatic carbocycles. The predicted molar refractivity (Wildman–Crippen MR) is 63.2 cm³/mol. The van der Waals surface area contributed by atoms with E-state index in [1.807, 2.05) is 0 Å². The van der Waals surface area contributed by atoms with Crippen LogP contribution in [0.5, 0.6) is 0 Å². The number of nitrogens with one attached hydrogen (secondary N) is 1. The second-order valence-corrected chi connectivity index (χ2v) is 4.71. The molecule has 1 aromatic rings. The molecular weight excluding hydrogens is 260 g/mol. The number of aryl methyl sites for hydroxylation is 1. The number of aliphatic hydroxyl groups is 3. The minimum Gasteiger partial charge on any atom is -0.346 e. The van der Waals surface area contributed by atoms with Crippen LogP contribution in [0, 0.1) is 11.7 Å². The van der Waals surface area contributed by atoms with Gasteiger partial charge < -0.3 is 20.1 Å². The van der Waals surface area contributed by atoms with Gasteiger partial charge in [0, 0.05) is 11.8 Å². The van der Waals surface area contributed by atoms with E-state index in [0.717, 1.165) is 0 Å². The van der Waals surface area contributed by atoms with E-state index in [2.05, 4.69) is 4.98 Å². The van der Waals surface area contributed by atoms with E-state index in [9.17, 15) is 4.79 Å². The molecule has 1 aliphatic rings. The standard InChI is InChI=1S/C10H14N2O5S/c1-5-4-12(9(18)11-8(5)13)7-3-2-6(17-7)10(14,15)16/h4,6-7,14-16H,2-3H2,1H3,(H,11,13,18). The monoisotopic (exact) mass is 274 g/mol. The SMILES string of the molecule is Cc1cn(C2CCC(C(O)(O)O)O2)c(=S)[nH]c1=O. The first kappa shape index (κ1) is 13.4. The van der Waals surface area contributed by atoms with Gasteiger partial charge in [-0.3, -0.25) is 14.3 Å². The lowest BCUT2D eigenvalue weighted by atomic mass is 10.2. The minimum atomic E-state index is -2.87. The molecule has 18 heavy (non-hydrogen) atoms. The van der Waals surface area contributed by atoms with Gasteiger partial charge in [-0.25, -0.2) is 0 Å². The molecule has 2 rings (SSSR count). The van der Waals surface area contributed by atoms with Gasteiger partial charge in [-0.2, -0.15) is 0 Å². The number of aromatic nitrogens is 2. The molecule has 2 unspecified atom stereocenters. The summed E-state index contributed by atoms with van der Waals surface area (Å²) in [6.07, 6.45) is 0.629. The zero-order valence-corrected chi connectivity index (χ0v) is 10.5. The maximum absolute atomic E-state index is 11.3. The van der Waals surface area contributed by atoms with Crippen LogP contribution in [0.4, 0.5) is 0 Å². The van der Waals surface area contributed by atoms with Crippen LogP contribution in [0.2, 0.25) is 0 Å². The van der Waals surface area contributed by atoms with Crippen molar-refractivity contribution in [2.24, 2.45) is 0 Å². The zero-order valence-electron chi connectivity index (χ0n) is 9.66. The van der Waals surface area contributed by atoms with Gasteiger partial charge in [0.1, 0.15) is 12.3 Å². The highest BCUT2D eigenvalue weighted by Crippen LogP contribution is 2.32. The quantitative estimate of drug-likeness (QED) is 0.429. The van der Waals surface area contributed by atoms with Crippen LogP contribution >= 0.6 is 12.2 Å². The fraction of sp³-hybridized carbons (Fsp3) is 0.600. The van der Waals surface area contributed by atoms with Crippen LogP contribution in [0.25, 0.3) is 0 Å². The average Bonchev–Trinajstić information content (AvgIpc) is 2.72. The summed E-state index contributed by atoms with van der Waals surface area (Å²) in [5.74, 6) is -2.87. The van der Waals surface area contributed by atoms with Crippen LogP contribution in [0.3, 0.4) is 0 Å². The molecule has 0 amide bonds. The second-order valence-electron chi connectivity index (χ2n) is 4.32. The predicted octanol–water partition coefficient (Wildman–Crippen LogP) is -0.477. The Kier molecular flexibility index (Phi) is 3.39. The summed E-state index contributed by atoms with van der Waals surface area (Å²) in [7, 11) is 0. The van der Waals surface area contributed by atoms with Gasteiger partial charge in [-0.15, -0.1) is 0 Å². The maximum Gasteiger partial charge on any atom is 0.303 e. The Morgan fingerprint density at radius 2 is 2.17 bits per heavy atom. The van der Waals surface area contributed by atoms with Gasteiger partial charge >= 0.3 is 5.97 Å². The number of hydrogen-bond acceptors (Lipinski definition) is 6. The minimum absolute atomic E-state index is 0.190. The molecule has 1 fully saturated rings. The van der Waals surface area contributed by atoms with Crippen molar-refractivity contribution in [2.45, 2.75) is 38.1 Å². The first-order valence-corrected chi connectivity index (χ1v) is 5.84. The first-order valence-electron chi connectivity index (χ1n) is 5.43. The maximum atomic E-state index is 11.3. The van der Waals surface area contributed by atoms with E-state index in [1.54, 1.807) is 13.1 Å². The Hall–Kier alpha value is -1.06. The highest BCUT2D eigenvalue weighted by Gasteiger charge is 2.40. The van der Waals surface area contributed by atoms with Crippen molar-refractivity contribution in [2.75, 3.05) is 0 Å². The molecule has 1 aromatic heterocycles. The smallest absolute Gasteiger partial charge is 0.303 e. The summed E-state index contributed by atoms with van der Waals surface area (Å²) < 4.78 is 7.03. The van der Waals surface area contributed by atoms with E-state index in [1.165, 1.54) is 4.57 Å². The molecule has 4 N–H and O–H groups in total. The van der Waals surface area contributed by atoms with Crippen LogP contribution < -0.4 is 5.56 Å². The van der Waals surface area contributed by atoms with Crippen molar-refractivity contribution < 1.29 is 20.1 Å². The Balaban J connectivity index is 2.28. The van der Waals surface area contributed by atoms with Gasteiger partial charge in [0.2, 0.25) is 0 Å². The lowest BCUT2D eigenvalue weighted by Gasteiger charge is -2.22.